The van der Waals surface area contributed by atoms with Crippen molar-refractivity contribution in [2.24, 2.45) is 0 Å². The molecule has 2 heterocycles. The van der Waals surface area contributed by atoms with Crippen LogP contribution < -0.4 is 5.32 Å². The lowest BCUT2D eigenvalue weighted by molar-refractivity contribution is -0.131. The number of carbonyl (C=O) groups is 2. The Balaban J connectivity index is 1.54. The van der Waals surface area contributed by atoms with Crippen LogP contribution in [0.15, 0.2) is 72.8 Å². The fraction of sp³-hybridized carbons (Fsp3) is 0.125. The molecule has 5 rings (SSSR count). The molecule has 4 aromatic rings. The van der Waals surface area contributed by atoms with Gasteiger partial charge in [-0.25, -0.2) is 9.78 Å². The minimum atomic E-state index is -1.16. The van der Waals surface area contributed by atoms with Crippen molar-refractivity contribution in [1.29, 1.82) is 0 Å². The van der Waals surface area contributed by atoms with E-state index in [1.807, 2.05) is 72.8 Å². The van der Waals surface area contributed by atoms with E-state index < -0.39 is 11.6 Å². The highest BCUT2D eigenvalue weighted by Crippen LogP contribution is 2.35. The smallest absolute Gasteiger partial charge is 0.319 e. The molecule has 30 heavy (non-hydrogen) atoms. The van der Waals surface area contributed by atoms with Gasteiger partial charge in [-0.1, -0.05) is 72.3 Å². The Hall–Kier alpha value is -3.44. The molecule has 148 valence electrons. The van der Waals surface area contributed by atoms with Crippen LogP contribution >= 0.6 is 11.6 Å². The van der Waals surface area contributed by atoms with E-state index in [0.29, 0.717) is 5.56 Å². The van der Waals surface area contributed by atoms with Crippen LogP contribution in [0.5, 0.6) is 0 Å². The molecule has 0 aliphatic carbocycles. The van der Waals surface area contributed by atoms with Crippen LogP contribution in [0.25, 0.3) is 21.7 Å². The molecule has 1 fully saturated rings. The lowest BCUT2D eigenvalue weighted by Gasteiger charge is -2.24. The summed E-state index contributed by atoms with van der Waals surface area (Å²) in [7, 11) is 0. The number of pyridine rings is 1. The van der Waals surface area contributed by atoms with E-state index in [1.54, 1.807) is 6.92 Å². The predicted octanol–water partition coefficient (Wildman–Crippen LogP) is 5.01. The quantitative estimate of drug-likeness (QED) is 0.378. The predicted molar refractivity (Wildman–Crippen MR) is 117 cm³/mol. The number of carbonyl (C=O) groups excluding carboxylic acids is 2. The van der Waals surface area contributed by atoms with E-state index >= 15 is 0 Å². The maximum absolute atomic E-state index is 13.4. The molecule has 0 bridgehead atoms. The van der Waals surface area contributed by atoms with Gasteiger partial charge in [0.2, 0.25) is 0 Å². The summed E-state index contributed by atoms with van der Waals surface area (Å²) in [5.41, 5.74) is 1.00. The van der Waals surface area contributed by atoms with Crippen molar-refractivity contribution in [2.45, 2.75) is 19.0 Å². The number of para-hydroxylation sites is 1. The third-order valence-corrected chi connectivity index (χ3v) is 6.01. The minimum Gasteiger partial charge on any atom is -0.319 e. The van der Waals surface area contributed by atoms with Crippen molar-refractivity contribution >= 4 is 45.2 Å². The number of hydrogen-bond acceptors (Lipinski definition) is 3. The Morgan fingerprint density at radius 2 is 1.67 bits per heavy atom. The standard InChI is InChI=1S/C24H18ClN3O2/c1-24(19-11-6-9-15-7-2-4-10-18(15)19)22(29)28(23(30)27-24)14-17-13-16-8-3-5-12-20(16)26-21(17)25/h2-13H,14H2,1H3,(H,27,30). The molecule has 3 aromatic carbocycles. The second-order valence-corrected chi connectivity index (χ2v) is 7.96. The van der Waals surface area contributed by atoms with Gasteiger partial charge in [0, 0.05) is 10.9 Å². The van der Waals surface area contributed by atoms with Crippen LogP contribution in [0.1, 0.15) is 18.1 Å². The van der Waals surface area contributed by atoms with Crippen molar-refractivity contribution in [3.8, 4) is 0 Å². The van der Waals surface area contributed by atoms with Crippen LogP contribution in [0.2, 0.25) is 5.15 Å². The monoisotopic (exact) mass is 415 g/mol. The van der Waals surface area contributed by atoms with Gasteiger partial charge in [0.25, 0.3) is 5.91 Å². The molecule has 0 radical (unpaired) electrons. The van der Waals surface area contributed by atoms with Gasteiger partial charge in [-0.15, -0.1) is 0 Å². The Labute approximate surface area is 178 Å². The van der Waals surface area contributed by atoms with E-state index in [9.17, 15) is 9.59 Å². The first-order valence-electron chi connectivity index (χ1n) is 9.64. The van der Waals surface area contributed by atoms with Crippen molar-refractivity contribution in [3.63, 3.8) is 0 Å². The molecule has 5 nitrogen and oxygen atoms in total. The number of amides is 3. The van der Waals surface area contributed by atoms with Crippen molar-refractivity contribution in [3.05, 3.63) is 89.1 Å². The summed E-state index contributed by atoms with van der Waals surface area (Å²) in [6.07, 6.45) is 0. The van der Waals surface area contributed by atoms with Crippen LogP contribution in [0.3, 0.4) is 0 Å². The molecule has 1 saturated heterocycles. The number of nitrogens with one attached hydrogen (secondary N) is 1. The molecule has 1 N–H and O–H groups in total. The highest BCUT2D eigenvalue weighted by molar-refractivity contribution is 6.30. The lowest BCUT2D eigenvalue weighted by atomic mass is 9.88. The fourth-order valence-corrected chi connectivity index (χ4v) is 4.31. The summed E-state index contributed by atoms with van der Waals surface area (Å²) >= 11 is 6.36. The number of rotatable bonds is 3. The molecule has 3 amide bonds. The molecule has 1 aromatic heterocycles. The van der Waals surface area contributed by atoms with Crippen LogP contribution in [0.4, 0.5) is 4.79 Å². The Morgan fingerprint density at radius 1 is 0.967 bits per heavy atom. The SMILES string of the molecule is CC1(c2cccc3ccccc23)NC(=O)N(Cc2cc3ccccc3nc2Cl)C1=O. The maximum Gasteiger partial charge on any atom is 0.325 e. The number of imide groups is 1. The summed E-state index contributed by atoms with van der Waals surface area (Å²) in [6, 6.07) is 22.6. The molecule has 1 atom stereocenters. The minimum absolute atomic E-state index is 0.0572. The van der Waals surface area contributed by atoms with Gasteiger partial charge >= 0.3 is 6.03 Å². The van der Waals surface area contributed by atoms with Gasteiger partial charge in [-0.2, -0.15) is 0 Å². The molecular weight excluding hydrogens is 398 g/mol. The topological polar surface area (TPSA) is 62.3 Å². The van der Waals surface area contributed by atoms with Gasteiger partial charge in [-0.3, -0.25) is 9.69 Å². The molecule has 1 unspecified atom stereocenters. The highest BCUT2D eigenvalue weighted by atomic mass is 35.5. The van der Waals surface area contributed by atoms with Gasteiger partial charge in [0.15, 0.2) is 0 Å². The van der Waals surface area contributed by atoms with E-state index in [1.165, 1.54) is 4.90 Å². The Morgan fingerprint density at radius 3 is 2.50 bits per heavy atom. The Kier molecular flexibility index (Phi) is 4.22. The molecule has 6 heteroatoms. The summed E-state index contributed by atoms with van der Waals surface area (Å²) in [5, 5.41) is 6.02. The second-order valence-electron chi connectivity index (χ2n) is 7.60. The van der Waals surface area contributed by atoms with E-state index in [4.69, 9.17) is 11.6 Å². The van der Waals surface area contributed by atoms with Gasteiger partial charge in [-0.05, 0) is 35.4 Å². The highest BCUT2D eigenvalue weighted by Gasteiger charge is 2.49. The zero-order valence-electron chi connectivity index (χ0n) is 16.2. The van der Waals surface area contributed by atoms with Crippen LogP contribution in [-0.4, -0.2) is 21.8 Å². The molecule has 0 spiro atoms. The van der Waals surface area contributed by atoms with Gasteiger partial charge < -0.3 is 5.32 Å². The number of halogens is 1. The normalized spacial score (nSPS) is 18.9. The summed E-state index contributed by atoms with van der Waals surface area (Å²) in [6.45, 7) is 1.80. The number of benzene rings is 3. The first kappa shape index (κ1) is 18.6. The van der Waals surface area contributed by atoms with Crippen molar-refractivity contribution < 1.29 is 9.59 Å². The number of urea groups is 1. The fourth-order valence-electron chi connectivity index (χ4n) is 4.10. The molecule has 1 aliphatic heterocycles. The van der Waals surface area contributed by atoms with Crippen molar-refractivity contribution in [2.75, 3.05) is 0 Å². The maximum atomic E-state index is 13.4. The van der Waals surface area contributed by atoms with Gasteiger partial charge in [0.05, 0.1) is 12.1 Å². The third-order valence-electron chi connectivity index (χ3n) is 5.68. The van der Waals surface area contributed by atoms with Gasteiger partial charge in [0.1, 0.15) is 10.7 Å². The number of nitrogens with zero attached hydrogens (tertiary/aromatic N) is 2. The van der Waals surface area contributed by atoms with E-state index in [0.717, 1.165) is 27.2 Å². The van der Waals surface area contributed by atoms with E-state index in [-0.39, 0.29) is 17.6 Å². The summed E-state index contributed by atoms with van der Waals surface area (Å²) < 4.78 is 0. The van der Waals surface area contributed by atoms with E-state index in [2.05, 4.69) is 10.3 Å². The number of aromatic nitrogens is 1. The van der Waals surface area contributed by atoms with Crippen molar-refractivity contribution in [1.82, 2.24) is 15.2 Å². The average Bonchev–Trinajstić information content (AvgIpc) is 2.97. The summed E-state index contributed by atoms with van der Waals surface area (Å²) in [5.74, 6) is -0.312. The lowest BCUT2D eigenvalue weighted by Crippen LogP contribution is -2.41. The molecular formula is C24H18ClN3O2. The number of fused-ring (bicyclic) bond motifs is 2. The largest absolute Gasteiger partial charge is 0.325 e. The van der Waals surface area contributed by atoms with Crippen LogP contribution in [-0.2, 0) is 16.9 Å². The first-order valence-corrected chi connectivity index (χ1v) is 10.0. The first-order chi connectivity index (χ1) is 14.5. The Bertz CT molecular complexity index is 1330. The molecule has 0 saturated carbocycles. The zero-order chi connectivity index (χ0) is 20.9. The molecule has 1 aliphatic rings. The zero-order valence-corrected chi connectivity index (χ0v) is 17.0. The number of hydrogen-bond donors (Lipinski definition) is 1. The average molecular weight is 416 g/mol. The second kappa shape index (κ2) is 6.82. The summed E-state index contributed by atoms with van der Waals surface area (Å²) in [4.78, 5) is 31.9. The van der Waals surface area contributed by atoms with Crippen LogP contribution in [0, 0.1) is 0 Å². The third kappa shape index (κ3) is 2.82.